The van der Waals surface area contributed by atoms with Crippen molar-refractivity contribution in [2.45, 2.75) is 18.3 Å². The first kappa shape index (κ1) is 12.6. The van der Waals surface area contributed by atoms with Gasteiger partial charge in [-0.3, -0.25) is 4.79 Å². The maximum absolute atomic E-state index is 12.1. The van der Waals surface area contributed by atoms with Crippen LogP contribution in [0.2, 0.25) is 0 Å². The molecule has 0 unspecified atom stereocenters. The largest absolute Gasteiger partial charge is 0.468 e. The molecular formula is C13H16BrNO2. The van der Waals surface area contributed by atoms with Gasteiger partial charge < -0.3 is 10.1 Å². The first-order valence-corrected chi connectivity index (χ1v) is 6.53. The highest BCUT2D eigenvalue weighted by Crippen LogP contribution is 2.35. The number of carbonyl (C=O) groups is 1. The van der Waals surface area contributed by atoms with Gasteiger partial charge in [0, 0.05) is 4.47 Å². The van der Waals surface area contributed by atoms with Crippen LogP contribution in [0.5, 0.6) is 0 Å². The zero-order chi connectivity index (χ0) is 12.3. The van der Waals surface area contributed by atoms with Crippen LogP contribution >= 0.6 is 15.9 Å². The molecule has 1 aromatic carbocycles. The van der Waals surface area contributed by atoms with Crippen LogP contribution in [0.3, 0.4) is 0 Å². The van der Waals surface area contributed by atoms with Crippen molar-refractivity contribution in [2.24, 2.45) is 0 Å². The molecule has 0 bridgehead atoms. The van der Waals surface area contributed by atoms with Gasteiger partial charge >= 0.3 is 5.97 Å². The summed E-state index contributed by atoms with van der Waals surface area (Å²) < 4.78 is 6.02. The van der Waals surface area contributed by atoms with E-state index in [1.807, 2.05) is 24.3 Å². The number of hydrogen-bond acceptors (Lipinski definition) is 3. The normalized spacial score (nSPS) is 18.7. The molecule has 1 aliphatic heterocycles. The Labute approximate surface area is 110 Å². The van der Waals surface area contributed by atoms with Gasteiger partial charge in [-0.1, -0.05) is 28.1 Å². The maximum atomic E-state index is 12.1. The molecule has 1 aromatic rings. The zero-order valence-corrected chi connectivity index (χ0v) is 11.4. The molecule has 0 saturated carbocycles. The molecule has 1 N–H and O–H groups in total. The Morgan fingerprint density at radius 2 is 1.88 bits per heavy atom. The lowest BCUT2D eigenvalue weighted by atomic mass is 9.73. The van der Waals surface area contributed by atoms with Gasteiger partial charge in [0.1, 0.15) is 0 Å². The molecule has 1 saturated heterocycles. The zero-order valence-electron chi connectivity index (χ0n) is 9.83. The minimum Gasteiger partial charge on any atom is -0.468 e. The standard InChI is InChI=1S/C13H16BrNO2/c1-17-12(16)13(6-8-15-9-7-13)10-2-4-11(14)5-3-10/h2-5,15H,6-9H2,1H3. The van der Waals surface area contributed by atoms with Gasteiger partial charge in [0.05, 0.1) is 12.5 Å². The number of piperidine rings is 1. The molecule has 0 atom stereocenters. The Morgan fingerprint density at radius 1 is 1.29 bits per heavy atom. The smallest absolute Gasteiger partial charge is 0.316 e. The number of methoxy groups -OCH3 is 1. The minimum absolute atomic E-state index is 0.124. The van der Waals surface area contributed by atoms with Crippen LogP contribution in [0.4, 0.5) is 0 Å². The Morgan fingerprint density at radius 3 is 2.41 bits per heavy atom. The second-order valence-electron chi connectivity index (χ2n) is 4.33. The van der Waals surface area contributed by atoms with Crippen molar-refractivity contribution in [3.05, 3.63) is 34.3 Å². The van der Waals surface area contributed by atoms with Crippen LogP contribution in [0.1, 0.15) is 18.4 Å². The van der Waals surface area contributed by atoms with Crippen molar-refractivity contribution in [3.63, 3.8) is 0 Å². The molecule has 1 heterocycles. The third-order valence-corrected chi connectivity index (χ3v) is 3.96. The van der Waals surface area contributed by atoms with E-state index in [4.69, 9.17) is 4.74 Å². The molecule has 3 nitrogen and oxygen atoms in total. The van der Waals surface area contributed by atoms with Gasteiger partial charge in [0.2, 0.25) is 0 Å². The molecule has 0 spiro atoms. The second kappa shape index (κ2) is 5.19. The molecular weight excluding hydrogens is 282 g/mol. The lowest BCUT2D eigenvalue weighted by molar-refractivity contribution is -0.148. The van der Waals surface area contributed by atoms with E-state index in [2.05, 4.69) is 21.2 Å². The molecule has 0 aliphatic carbocycles. The fourth-order valence-corrected chi connectivity index (χ4v) is 2.69. The molecule has 0 aromatic heterocycles. The van der Waals surface area contributed by atoms with Crippen LogP contribution in [-0.2, 0) is 14.9 Å². The van der Waals surface area contributed by atoms with Gasteiger partial charge in [-0.15, -0.1) is 0 Å². The number of benzene rings is 1. The average molecular weight is 298 g/mol. The molecule has 4 heteroatoms. The van der Waals surface area contributed by atoms with Crippen molar-refractivity contribution in [1.82, 2.24) is 5.32 Å². The van der Waals surface area contributed by atoms with E-state index in [1.165, 1.54) is 7.11 Å². The number of halogens is 1. The van der Waals surface area contributed by atoms with Crippen molar-refractivity contribution in [3.8, 4) is 0 Å². The number of hydrogen-bond donors (Lipinski definition) is 1. The molecule has 0 amide bonds. The van der Waals surface area contributed by atoms with Crippen LogP contribution < -0.4 is 5.32 Å². The first-order chi connectivity index (χ1) is 8.19. The lowest BCUT2D eigenvalue weighted by Crippen LogP contribution is -2.46. The fourth-order valence-electron chi connectivity index (χ4n) is 2.43. The SMILES string of the molecule is COC(=O)C1(c2ccc(Br)cc2)CCNCC1. The summed E-state index contributed by atoms with van der Waals surface area (Å²) in [5.41, 5.74) is 0.579. The molecule has 1 aliphatic rings. The van der Waals surface area contributed by atoms with Crippen LogP contribution in [-0.4, -0.2) is 26.2 Å². The summed E-state index contributed by atoms with van der Waals surface area (Å²) in [5, 5.41) is 3.28. The van der Waals surface area contributed by atoms with Gasteiger partial charge in [0.25, 0.3) is 0 Å². The average Bonchev–Trinajstić information content (AvgIpc) is 2.39. The quantitative estimate of drug-likeness (QED) is 0.851. The van der Waals surface area contributed by atoms with Crippen molar-refractivity contribution in [1.29, 1.82) is 0 Å². The highest BCUT2D eigenvalue weighted by Gasteiger charge is 2.42. The summed E-state index contributed by atoms with van der Waals surface area (Å²) >= 11 is 3.41. The Kier molecular flexibility index (Phi) is 3.84. The van der Waals surface area contributed by atoms with Crippen molar-refractivity contribution in [2.75, 3.05) is 20.2 Å². The van der Waals surface area contributed by atoms with Gasteiger partial charge in [-0.2, -0.15) is 0 Å². The van der Waals surface area contributed by atoms with E-state index in [9.17, 15) is 4.79 Å². The van der Waals surface area contributed by atoms with Gasteiger partial charge in [-0.05, 0) is 43.6 Å². The highest BCUT2D eigenvalue weighted by atomic mass is 79.9. The number of nitrogens with one attached hydrogen (secondary N) is 1. The van der Waals surface area contributed by atoms with E-state index in [0.29, 0.717) is 0 Å². The lowest BCUT2D eigenvalue weighted by Gasteiger charge is -2.35. The van der Waals surface area contributed by atoms with Gasteiger partial charge in [-0.25, -0.2) is 0 Å². The number of ether oxygens (including phenoxy) is 1. The van der Waals surface area contributed by atoms with E-state index < -0.39 is 5.41 Å². The highest BCUT2D eigenvalue weighted by molar-refractivity contribution is 9.10. The molecule has 92 valence electrons. The van der Waals surface area contributed by atoms with E-state index in [-0.39, 0.29) is 5.97 Å². The summed E-state index contributed by atoms with van der Waals surface area (Å²) in [5.74, 6) is -0.124. The summed E-state index contributed by atoms with van der Waals surface area (Å²) in [4.78, 5) is 12.1. The fraction of sp³-hybridized carbons (Fsp3) is 0.462. The third-order valence-electron chi connectivity index (χ3n) is 3.43. The molecule has 1 fully saturated rings. The predicted molar refractivity (Wildman–Crippen MR) is 69.9 cm³/mol. The number of rotatable bonds is 2. The summed E-state index contributed by atoms with van der Waals surface area (Å²) in [7, 11) is 1.46. The van der Waals surface area contributed by atoms with Crippen LogP contribution in [0.15, 0.2) is 28.7 Å². The summed E-state index contributed by atoms with van der Waals surface area (Å²) in [6.07, 6.45) is 1.59. The van der Waals surface area contributed by atoms with E-state index in [1.54, 1.807) is 0 Å². The predicted octanol–water partition coefficient (Wildman–Crippen LogP) is 2.24. The summed E-state index contributed by atoms with van der Waals surface area (Å²) in [6.45, 7) is 1.70. The van der Waals surface area contributed by atoms with Crippen molar-refractivity contribution >= 4 is 21.9 Å². The maximum Gasteiger partial charge on any atom is 0.316 e. The Balaban J connectivity index is 2.38. The second-order valence-corrected chi connectivity index (χ2v) is 5.25. The minimum atomic E-state index is -0.472. The number of esters is 1. The van der Waals surface area contributed by atoms with E-state index >= 15 is 0 Å². The van der Waals surface area contributed by atoms with Gasteiger partial charge in [0.15, 0.2) is 0 Å². The molecule has 0 radical (unpaired) electrons. The summed E-state index contributed by atoms with van der Waals surface area (Å²) in [6, 6.07) is 7.96. The monoisotopic (exact) mass is 297 g/mol. The van der Waals surface area contributed by atoms with Crippen LogP contribution in [0.25, 0.3) is 0 Å². The molecule has 2 rings (SSSR count). The van der Waals surface area contributed by atoms with Crippen LogP contribution in [0, 0.1) is 0 Å². The Bertz CT molecular complexity index is 396. The third kappa shape index (κ3) is 2.38. The van der Waals surface area contributed by atoms with E-state index in [0.717, 1.165) is 36.0 Å². The number of carbonyl (C=O) groups excluding carboxylic acids is 1. The Hall–Kier alpha value is -0.870. The van der Waals surface area contributed by atoms with Crippen molar-refractivity contribution < 1.29 is 9.53 Å². The molecule has 17 heavy (non-hydrogen) atoms. The topological polar surface area (TPSA) is 38.3 Å². The first-order valence-electron chi connectivity index (χ1n) is 5.74.